The van der Waals surface area contributed by atoms with Crippen LogP contribution in [-0.4, -0.2) is 59.3 Å². The van der Waals surface area contributed by atoms with E-state index in [2.05, 4.69) is 0 Å². The van der Waals surface area contributed by atoms with Crippen molar-refractivity contribution in [3.05, 3.63) is 0 Å². The number of carbonyl (C=O) groups is 1. The van der Waals surface area contributed by atoms with E-state index in [1.807, 2.05) is 0 Å². The van der Waals surface area contributed by atoms with E-state index in [4.69, 9.17) is 24.1 Å². The Morgan fingerprint density at radius 3 is 2.67 bits per heavy atom. The highest BCUT2D eigenvalue weighted by Crippen LogP contribution is 2.39. The van der Waals surface area contributed by atoms with Crippen molar-refractivity contribution in [3.8, 4) is 0 Å². The molecule has 5 atom stereocenters. The summed E-state index contributed by atoms with van der Waals surface area (Å²) in [5, 5.41) is 18.6. The van der Waals surface area contributed by atoms with Crippen LogP contribution in [0.2, 0.25) is 0 Å². The number of hydrogen-bond acceptors (Lipinski definition) is 7. The number of ether oxygens (including phenoxy) is 4. The predicted molar refractivity (Wildman–Crippen MR) is 57.3 cm³/mol. The second-order valence-corrected chi connectivity index (χ2v) is 4.89. The van der Waals surface area contributed by atoms with Gasteiger partial charge in [0.2, 0.25) is 0 Å². The molecule has 0 radical (unpaired) electrons. The Labute approximate surface area is 105 Å². The third kappa shape index (κ3) is 2.50. The molecule has 2 aliphatic rings. The number of esters is 1. The van der Waals surface area contributed by atoms with Crippen LogP contribution >= 0.6 is 0 Å². The Hall–Kier alpha value is -0.730. The van der Waals surface area contributed by atoms with E-state index in [-0.39, 0.29) is 0 Å². The maximum absolute atomic E-state index is 11.1. The van der Waals surface area contributed by atoms with Gasteiger partial charge in [0, 0.05) is 6.92 Å². The molecule has 104 valence electrons. The maximum atomic E-state index is 11.1. The fourth-order valence-corrected chi connectivity index (χ4v) is 2.24. The first-order valence-electron chi connectivity index (χ1n) is 5.81. The standard InChI is InChI=1S/C11H18O7/c1-5(13)15-8-7(6(14)4-12)16-10-9(8)17-11(2,3)18-10/h6-10,12,14H,4H2,1-3H3/t6-,7-,8-,9-,10+/m1/s1. The van der Waals surface area contributed by atoms with Gasteiger partial charge in [0.15, 0.2) is 24.3 Å². The van der Waals surface area contributed by atoms with Crippen molar-refractivity contribution in [2.75, 3.05) is 6.61 Å². The van der Waals surface area contributed by atoms with Gasteiger partial charge in [-0.1, -0.05) is 0 Å². The molecule has 2 rings (SSSR count). The minimum absolute atomic E-state index is 0.495. The zero-order valence-corrected chi connectivity index (χ0v) is 10.5. The van der Waals surface area contributed by atoms with Gasteiger partial charge in [-0.15, -0.1) is 0 Å². The number of hydrogen-bond donors (Lipinski definition) is 2. The Balaban J connectivity index is 2.14. The lowest BCUT2D eigenvalue weighted by atomic mass is 10.1. The molecule has 0 aromatic rings. The minimum atomic E-state index is -1.16. The zero-order chi connectivity index (χ0) is 13.5. The summed E-state index contributed by atoms with van der Waals surface area (Å²) < 4.78 is 21.6. The first kappa shape index (κ1) is 13.7. The van der Waals surface area contributed by atoms with Crippen molar-refractivity contribution in [3.63, 3.8) is 0 Å². The second-order valence-electron chi connectivity index (χ2n) is 4.89. The van der Waals surface area contributed by atoms with Gasteiger partial charge in [-0.25, -0.2) is 0 Å². The van der Waals surface area contributed by atoms with Crippen molar-refractivity contribution < 1.29 is 34.0 Å². The van der Waals surface area contributed by atoms with Crippen molar-refractivity contribution in [1.29, 1.82) is 0 Å². The summed E-state index contributed by atoms with van der Waals surface area (Å²) in [6, 6.07) is 0. The van der Waals surface area contributed by atoms with Gasteiger partial charge >= 0.3 is 5.97 Å². The highest BCUT2D eigenvalue weighted by atomic mass is 16.8. The lowest BCUT2D eigenvalue weighted by Gasteiger charge is -2.27. The van der Waals surface area contributed by atoms with Gasteiger partial charge < -0.3 is 29.2 Å². The molecule has 0 bridgehead atoms. The van der Waals surface area contributed by atoms with E-state index in [0.717, 1.165) is 0 Å². The van der Waals surface area contributed by atoms with Crippen LogP contribution in [0.1, 0.15) is 20.8 Å². The van der Waals surface area contributed by atoms with E-state index < -0.39 is 49.1 Å². The molecular weight excluding hydrogens is 244 g/mol. The number of carbonyl (C=O) groups excluding carboxylic acids is 1. The molecule has 7 heteroatoms. The average molecular weight is 262 g/mol. The summed E-state index contributed by atoms with van der Waals surface area (Å²) >= 11 is 0. The van der Waals surface area contributed by atoms with Gasteiger partial charge in [0.05, 0.1) is 6.61 Å². The molecule has 0 aromatic heterocycles. The van der Waals surface area contributed by atoms with Gasteiger partial charge in [0.25, 0.3) is 0 Å². The highest BCUT2D eigenvalue weighted by molar-refractivity contribution is 5.66. The van der Waals surface area contributed by atoms with Crippen LogP contribution in [0.25, 0.3) is 0 Å². The second kappa shape index (κ2) is 4.75. The lowest BCUT2D eigenvalue weighted by molar-refractivity contribution is -0.230. The highest BCUT2D eigenvalue weighted by Gasteiger charge is 2.57. The monoisotopic (exact) mass is 262 g/mol. The largest absolute Gasteiger partial charge is 0.457 e. The SMILES string of the molecule is CC(=O)O[C@H]1[C@H]2OC(C)(C)O[C@@H]2O[C@@H]1[C@H](O)CO. The summed E-state index contributed by atoms with van der Waals surface area (Å²) in [6.45, 7) is 4.20. The van der Waals surface area contributed by atoms with Gasteiger partial charge in [-0.05, 0) is 13.8 Å². The topological polar surface area (TPSA) is 94.5 Å². The van der Waals surface area contributed by atoms with Crippen LogP contribution < -0.4 is 0 Å². The molecule has 2 fully saturated rings. The van der Waals surface area contributed by atoms with Crippen LogP contribution in [0.5, 0.6) is 0 Å². The van der Waals surface area contributed by atoms with Crippen molar-refractivity contribution in [2.24, 2.45) is 0 Å². The van der Waals surface area contributed by atoms with Crippen LogP contribution in [-0.2, 0) is 23.7 Å². The molecule has 2 heterocycles. The fourth-order valence-electron chi connectivity index (χ4n) is 2.24. The molecule has 0 spiro atoms. The number of fused-ring (bicyclic) bond motifs is 1. The molecule has 0 amide bonds. The zero-order valence-electron chi connectivity index (χ0n) is 10.5. The third-order valence-corrected chi connectivity index (χ3v) is 2.90. The molecule has 0 saturated carbocycles. The van der Waals surface area contributed by atoms with Crippen LogP contribution in [0, 0.1) is 0 Å². The third-order valence-electron chi connectivity index (χ3n) is 2.90. The number of aliphatic hydroxyl groups is 2. The predicted octanol–water partition coefficient (Wildman–Crippen LogP) is -0.852. The molecular formula is C11H18O7. The summed E-state index contributed by atoms with van der Waals surface area (Å²) in [5.41, 5.74) is 0. The van der Waals surface area contributed by atoms with E-state index in [9.17, 15) is 9.90 Å². The summed E-state index contributed by atoms with van der Waals surface area (Å²) in [4.78, 5) is 11.1. The Kier molecular flexibility index (Phi) is 3.61. The Morgan fingerprint density at radius 1 is 1.44 bits per heavy atom. The Bertz CT molecular complexity index is 329. The first-order valence-corrected chi connectivity index (χ1v) is 5.81. The Morgan fingerprint density at radius 2 is 2.11 bits per heavy atom. The smallest absolute Gasteiger partial charge is 0.303 e. The van der Waals surface area contributed by atoms with Crippen LogP contribution in [0.3, 0.4) is 0 Å². The number of rotatable bonds is 3. The average Bonchev–Trinajstić information content (AvgIpc) is 2.71. The van der Waals surface area contributed by atoms with Crippen LogP contribution in [0.15, 0.2) is 0 Å². The molecule has 2 saturated heterocycles. The van der Waals surface area contributed by atoms with Crippen molar-refractivity contribution in [1.82, 2.24) is 0 Å². The van der Waals surface area contributed by atoms with E-state index in [1.54, 1.807) is 13.8 Å². The van der Waals surface area contributed by atoms with E-state index >= 15 is 0 Å². The molecule has 2 N–H and O–H groups in total. The molecule has 0 unspecified atom stereocenters. The van der Waals surface area contributed by atoms with E-state index in [1.165, 1.54) is 6.92 Å². The summed E-state index contributed by atoms with van der Waals surface area (Å²) in [6.07, 6.45) is -4.12. The molecule has 7 nitrogen and oxygen atoms in total. The molecule has 0 aliphatic carbocycles. The van der Waals surface area contributed by atoms with Gasteiger partial charge in [-0.3, -0.25) is 4.79 Å². The maximum Gasteiger partial charge on any atom is 0.303 e. The molecule has 0 aromatic carbocycles. The normalized spacial score (nSPS) is 39.4. The lowest BCUT2D eigenvalue weighted by Crippen LogP contribution is -2.44. The summed E-state index contributed by atoms with van der Waals surface area (Å²) in [5.74, 6) is -1.34. The first-order chi connectivity index (χ1) is 8.34. The quantitative estimate of drug-likeness (QED) is 0.639. The number of aliphatic hydroxyl groups excluding tert-OH is 2. The molecule has 2 aliphatic heterocycles. The minimum Gasteiger partial charge on any atom is -0.457 e. The van der Waals surface area contributed by atoms with Crippen molar-refractivity contribution in [2.45, 2.75) is 57.3 Å². The van der Waals surface area contributed by atoms with E-state index in [0.29, 0.717) is 0 Å². The van der Waals surface area contributed by atoms with Crippen LogP contribution in [0.4, 0.5) is 0 Å². The fraction of sp³-hybridized carbons (Fsp3) is 0.909. The van der Waals surface area contributed by atoms with Crippen molar-refractivity contribution >= 4 is 5.97 Å². The summed E-state index contributed by atoms with van der Waals surface area (Å²) in [7, 11) is 0. The van der Waals surface area contributed by atoms with Gasteiger partial charge in [0.1, 0.15) is 12.2 Å². The van der Waals surface area contributed by atoms with Gasteiger partial charge in [-0.2, -0.15) is 0 Å². The molecule has 18 heavy (non-hydrogen) atoms.